The number of aliphatic hydroxyl groups excluding tert-OH is 2. The lowest BCUT2D eigenvalue weighted by molar-refractivity contribution is 0.172. The Morgan fingerprint density at radius 2 is 1.21 bits per heavy atom. The van der Waals surface area contributed by atoms with E-state index in [1.54, 1.807) is 0 Å². The van der Waals surface area contributed by atoms with Crippen LogP contribution in [0.1, 0.15) is 38.5 Å². The van der Waals surface area contributed by atoms with Crippen molar-refractivity contribution in [3.8, 4) is 23.7 Å². The number of hydrogen-bond acceptors (Lipinski definition) is 2. The maximum atomic E-state index is 9.38. The Balaban J connectivity index is 2.47. The summed E-state index contributed by atoms with van der Waals surface area (Å²) in [7, 11) is 0. The van der Waals surface area contributed by atoms with Crippen LogP contribution in [0.4, 0.5) is 0 Å². The standard InChI is InChI=1S/C12H16O2/c13-11-7-5-3-1-2-4-6-8-12(14)10-9-11/h11-14H,1-4,9-10H2/t11-,12-/m1/s1. The number of rotatable bonds is 0. The van der Waals surface area contributed by atoms with Gasteiger partial charge in [-0.1, -0.05) is 11.8 Å². The summed E-state index contributed by atoms with van der Waals surface area (Å²) in [4.78, 5) is 0. The fourth-order valence-corrected chi connectivity index (χ4v) is 1.27. The van der Waals surface area contributed by atoms with Gasteiger partial charge in [0.05, 0.1) is 0 Å². The summed E-state index contributed by atoms with van der Waals surface area (Å²) in [5, 5.41) is 18.8. The van der Waals surface area contributed by atoms with Gasteiger partial charge in [-0.2, -0.15) is 0 Å². The second-order valence-corrected chi connectivity index (χ2v) is 3.46. The molecular weight excluding hydrogens is 176 g/mol. The molecule has 0 heterocycles. The molecule has 0 amide bonds. The summed E-state index contributed by atoms with van der Waals surface area (Å²) < 4.78 is 0. The second-order valence-electron chi connectivity index (χ2n) is 3.46. The highest BCUT2D eigenvalue weighted by atomic mass is 16.3. The van der Waals surface area contributed by atoms with E-state index in [2.05, 4.69) is 23.7 Å². The minimum atomic E-state index is -0.606. The molecule has 1 aliphatic carbocycles. The van der Waals surface area contributed by atoms with Crippen LogP contribution in [0.15, 0.2) is 0 Å². The highest BCUT2D eigenvalue weighted by Crippen LogP contribution is 2.03. The van der Waals surface area contributed by atoms with E-state index in [4.69, 9.17) is 0 Å². The summed E-state index contributed by atoms with van der Waals surface area (Å²) in [6, 6.07) is 0. The van der Waals surface area contributed by atoms with Crippen LogP contribution in [0.5, 0.6) is 0 Å². The van der Waals surface area contributed by atoms with Gasteiger partial charge < -0.3 is 10.2 Å². The summed E-state index contributed by atoms with van der Waals surface area (Å²) in [5.41, 5.74) is 0. The first-order chi connectivity index (χ1) is 6.79. The molecule has 2 atom stereocenters. The molecule has 2 nitrogen and oxygen atoms in total. The fourth-order valence-electron chi connectivity index (χ4n) is 1.27. The van der Waals surface area contributed by atoms with E-state index < -0.39 is 12.2 Å². The van der Waals surface area contributed by atoms with Gasteiger partial charge in [-0.3, -0.25) is 0 Å². The summed E-state index contributed by atoms with van der Waals surface area (Å²) >= 11 is 0. The lowest BCUT2D eigenvalue weighted by Gasteiger charge is -2.05. The first-order valence-electron chi connectivity index (χ1n) is 5.12. The van der Waals surface area contributed by atoms with Gasteiger partial charge in [0, 0.05) is 12.8 Å². The lowest BCUT2D eigenvalue weighted by atomic mass is 10.1. The molecule has 0 aromatic carbocycles. The Labute approximate surface area is 85.3 Å². The van der Waals surface area contributed by atoms with Crippen LogP contribution in [0, 0.1) is 23.7 Å². The van der Waals surface area contributed by atoms with Gasteiger partial charge >= 0.3 is 0 Å². The Morgan fingerprint density at radius 3 is 1.64 bits per heavy atom. The molecule has 14 heavy (non-hydrogen) atoms. The zero-order valence-electron chi connectivity index (χ0n) is 8.29. The predicted molar refractivity (Wildman–Crippen MR) is 55.3 cm³/mol. The summed E-state index contributed by atoms with van der Waals surface area (Å²) in [5.74, 6) is 11.4. The van der Waals surface area contributed by atoms with Gasteiger partial charge in [-0.05, 0) is 25.7 Å². The summed E-state index contributed by atoms with van der Waals surface area (Å²) in [6.07, 6.45) is 3.50. The van der Waals surface area contributed by atoms with Gasteiger partial charge in [0.2, 0.25) is 0 Å². The zero-order valence-corrected chi connectivity index (χ0v) is 8.29. The van der Waals surface area contributed by atoms with Gasteiger partial charge in [0.15, 0.2) is 0 Å². The van der Waals surface area contributed by atoms with Crippen molar-refractivity contribution >= 4 is 0 Å². The van der Waals surface area contributed by atoms with Crippen molar-refractivity contribution in [2.45, 2.75) is 50.7 Å². The third-order valence-electron chi connectivity index (χ3n) is 2.10. The van der Waals surface area contributed by atoms with Gasteiger partial charge in [-0.15, -0.1) is 11.8 Å². The van der Waals surface area contributed by atoms with Crippen molar-refractivity contribution in [2.75, 3.05) is 0 Å². The molecule has 0 bridgehead atoms. The Kier molecular flexibility index (Phi) is 5.15. The van der Waals surface area contributed by atoms with E-state index >= 15 is 0 Å². The zero-order chi connectivity index (χ0) is 10.2. The van der Waals surface area contributed by atoms with Crippen molar-refractivity contribution < 1.29 is 10.2 Å². The van der Waals surface area contributed by atoms with Gasteiger partial charge in [0.25, 0.3) is 0 Å². The number of hydrogen-bond donors (Lipinski definition) is 2. The van der Waals surface area contributed by atoms with Crippen molar-refractivity contribution in [1.82, 2.24) is 0 Å². The molecule has 76 valence electrons. The highest BCUT2D eigenvalue weighted by molar-refractivity contribution is 5.08. The first-order valence-corrected chi connectivity index (χ1v) is 5.12. The van der Waals surface area contributed by atoms with E-state index in [1.807, 2.05) is 0 Å². The molecule has 0 saturated carbocycles. The molecule has 1 rings (SSSR count). The molecule has 0 unspecified atom stereocenters. The van der Waals surface area contributed by atoms with Crippen LogP contribution in [-0.4, -0.2) is 22.4 Å². The molecule has 0 fully saturated rings. The topological polar surface area (TPSA) is 40.5 Å². The average molecular weight is 192 g/mol. The Bertz CT molecular complexity index is 244. The normalized spacial score (nSPS) is 28.4. The smallest absolute Gasteiger partial charge is 0.114 e. The maximum Gasteiger partial charge on any atom is 0.114 e. The van der Waals surface area contributed by atoms with Crippen LogP contribution in [0.2, 0.25) is 0 Å². The minimum absolute atomic E-state index is 0.503. The monoisotopic (exact) mass is 192 g/mol. The van der Waals surface area contributed by atoms with E-state index in [9.17, 15) is 10.2 Å². The molecule has 0 aromatic rings. The van der Waals surface area contributed by atoms with Crippen molar-refractivity contribution in [3.63, 3.8) is 0 Å². The van der Waals surface area contributed by atoms with E-state index in [0.29, 0.717) is 12.8 Å². The van der Waals surface area contributed by atoms with Crippen LogP contribution >= 0.6 is 0 Å². The molecule has 0 aliphatic heterocycles. The van der Waals surface area contributed by atoms with Crippen molar-refractivity contribution in [2.24, 2.45) is 0 Å². The predicted octanol–water partition coefficient (Wildman–Crippen LogP) is 1.07. The third-order valence-corrected chi connectivity index (χ3v) is 2.10. The highest BCUT2D eigenvalue weighted by Gasteiger charge is 2.04. The van der Waals surface area contributed by atoms with Crippen LogP contribution in [0.3, 0.4) is 0 Å². The van der Waals surface area contributed by atoms with Gasteiger partial charge in [-0.25, -0.2) is 0 Å². The Morgan fingerprint density at radius 1 is 0.786 bits per heavy atom. The molecule has 1 aliphatic rings. The second kappa shape index (κ2) is 6.49. The molecular formula is C12H16O2. The summed E-state index contributed by atoms with van der Waals surface area (Å²) in [6.45, 7) is 0. The molecule has 2 heteroatoms. The molecule has 0 radical (unpaired) electrons. The number of aliphatic hydroxyl groups is 2. The van der Waals surface area contributed by atoms with Crippen LogP contribution < -0.4 is 0 Å². The third kappa shape index (κ3) is 4.92. The average Bonchev–Trinajstić information content (AvgIpc) is 2.17. The minimum Gasteiger partial charge on any atom is -0.380 e. The molecule has 2 N–H and O–H groups in total. The van der Waals surface area contributed by atoms with Crippen LogP contribution in [-0.2, 0) is 0 Å². The first kappa shape index (κ1) is 11.1. The maximum absolute atomic E-state index is 9.38. The molecule has 0 saturated heterocycles. The lowest BCUT2D eigenvalue weighted by Crippen LogP contribution is -2.10. The van der Waals surface area contributed by atoms with Crippen molar-refractivity contribution in [1.29, 1.82) is 0 Å². The van der Waals surface area contributed by atoms with Gasteiger partial charge in [0.1, 0.15) is 12.2 Å². The quantitative estimate of drug-likeness (QED) is 0.564. The SMILES string of the molecule is O[C@@H]1C#CCCCCC#C[C@@H](O)CC1. The van der Waals surface area contributed by atoms with Crippen molar-refractivity contribution in [3.05, 3.63) is 0 Å². The van der Waals surface area contributed by atoms with Crippen LogP contribution in [0.25, 0.3) is 0 Å². The van der Waals surface area contributed by atoms with E-state index in [0.717, 1.165) is 25.7 Å². The Hall–Kier alpha value is -0.960. The van der Waals surface area contributed by atoms with E-state index in [1.165, 1.54) is 0 Å². The molecule has 0 spiro atoms. The largest absolute Gasteiger partial charge is 0.380 e. The molecule has 0 aromatic heterocycles. The fraction of sp³-hybridized carbons (Fsp3) is 0.667. The van der Waals surface area contributed by atoms with E-state index in [-0.39, 0.29) is 0 Å².